The number of nitro benzene ring substituents is 1. The number of imide groups is 1. The molecule has 31 heavy (non-hydrogen) atoms. The summed E-state index contributed by atoms with van der Waals surface area (Å²) >= 11 is 12.9. The fourth-order valence-corrected chi connectivity index (χ4v) is 4.22. The van der Waals surface area contributed by atoms with Gasteiger partial charge in [-0.05, 0) is 42.1 Å². The van der Waals surface area contributed by atoms with Gasteiger partial charge in [0.25, 0.3) is 16.8 Å². The van der Waals surface area contributed by atoms with Crippen molar-refractivity contribution in [1.82, 2.24) is 4.90 Å². The Hall–Kier alpha value is -3.07. The number of carbonyl (C=O) groups excluding carboxylic acids is 2. The fraction of sp³-hybridized carbons (Fsp3) is 0.0476. The van der Waals surface area contributed by atoms with E-state index in [1.54, 1.807) is 36.4 Å². The lowest BCUT2D eigenvalue weighted by molar-refractivity contribution is -0.385. The van der Waals surface area contributed by atoms with Gasteiger partial charge in [0.2, 0.25) is 0 Å². The molecule has 3 aromatic rings. The Balaban J connectivity index is 1.58. The summed E-state index contributed by atoms with van der Waals surface area (Å²) < 4.78 is 5.75. The van der Waals surface area contributed by atoms with Gasteiger partial charge >= 0.3 is 0 Å². The molecule has 1 aliphatic heterocycles. The summed E-state index contributed by atoms with van der Waals surface area (Å²) in [4.78, 5) is 36.9. The summed E-state index contributed by atoms with van der Waals surface area (Å²) in [5.74, 6) is 0.256. The second kappa shape index (κ2) is 8.58. The SMILES string of the molecule is O=C1S/C(=C/c2ccc(-c3cc(Cl)ccc3Cl)o2)C(=O)N1Cc1ccccc1[N+](=O)[O-]. The van der Waals surface area contributed by atoms with Crippen LogP contribution in [0.25, 0.3) is 17.4 Å². The number of furan rings is 1. The first kappa shape index (κ1) is 21.2. The zero-order chi connectivity index (χ0) is 22.1. The molecule has 156 valence electrons. The summed E-state index contributed by atoms with van der Waals surface area (Å²) in [7, 11) is 0. The number of carbonyl (C=O) groups is 2. The van der Waals surface area contributed by atoms with Crippen LogP contribution in [0.3, 0.4) is 0 Å². The number of nitro groups is 1. The molecule has 0 unspecified atom stereocenters. The van der Waals surface area contributed by atoms with Crippen molar-refractivity contribution in [2.45, 2.75) is 6.54 Å². The third-order valence-corrected chi connectivity index (χ3v) is 5.96. The summed E-state index contributed by atoms with van der Waals surface area (Å²) in [6, 6.07) is 14.3. The Labute approximate surface area is 190 Å². The third kappa shape index (κ3) is 4.36. The molecule has 2 heterocycles. The minimum absolute atomic E-state index is 0.153. The van der Waals surface area contributed by atoms with Gasteiger partial charge in [-0.3, -0.25) is 24.6 Å². The van der Waals surface area contributed by atoms with Crippen LogP contribution >= 0.6 is 35.0 Å². The minimum atomic E-state index is -0.549. The highest BCUT2D eigenvalue weighted by atomic mass is 35.5. The van der Waals surface area contributed by atoms with E-state index in [-0.39, 0.29) is 22.7 Å². The molecule has 4 rings (SSSR count). The number of hydrogen-bond acceptors (Lipinski definition) is 6. The van der Waals surface area contributed by atoms with Crippen LogP contribution in [0.4, 0.5) is 10.5 Å². The van der Waals surface area contributed by atoms with E-state index in [1.165, 1.54) is 24.3 Å². The molecule has 0 aliphatic carbocycles. The second-order valence-electron chi connectivity index (χ2n) is 6.48. The Kier molecular flexibility index (Phi) is 5.86. The van der Waals surface area contributed by atoms with E-state index in [2.05, 4.69) is 0 Å². The van der Waals surface area contributed by atoms with Crippen LogP contribution in [0.2, 0.25) is 10.0 Å². The van der Waals surface area contributed by atoms with Gasteiger partial charge in [-0.1, -0.05) is 41.4 Å². The van der Waals surface area contributed by atoms with E-state index >= 15 is 0 Å². The molecule has 0 spiro atoms. The van der Waals surface area contributed by atoms with Gasteiger partial charge in [0, 0.05) is 28.3 Å². The smallest absolute Gasteiger partial charge is 0.293 e. The number of nitrogens with zero attached hydrogens (tertiary/aromatic N) is 2. The lowest BCUT2D eigenvalue weighted by atomic mass is 10.1. The van der Waals surface area contributed by atoms with Gasteiger partial charge in [-0.15, -0.1) is 0 Å². The predicted octanol–water partition coefficient (Wildman–Crippen LogP) is 6.40. The highest BCUT2D eigenvalue weighted by molar-refractivity contribution is 8.18. The summed E-state index contributed by atoms with van der Waals surface area (Å²) in [5, 5.41) is 11.6. The molecular weight excluding hydrogens is 463 g/mol. The molecule has 10 heteroatoms. The van der Waals surface area contributed by atoms with E-state index in [1.807, 2.05) is 0 Å². The van der Waals surface area contributed by atoms with Crippen molar-refractivity contribution >= 4 is 57.9 Å². The molecule has 2 aromatic carbocycles. The van der Waals surface area contributed by atoms with Gasteiger partial charge in [0.05, 0.1) is 21.4 Å². The Morgan fingerprint density at radius 3 is 2.65 bits per heavy atom. The quantitative estimate of drug-likeness (QED) is 0.241. The van der Waals surface area contributed by atoms with Gasteiger partial charge in [0.15, 0.2) is 0 Å². The zero-order valence-corrected chi connectivity index (χ0v) is 17.9. The Morgan fingerprint density at radius 2 is 1.87 bits per heavy atom. The molecule has 0 atom stereocenters. The number of thioether (sulfide) groups is 1. The van der Waals surface area contributed by atoms with Crippen LogP contribution in [-0.2, 0) is 11.3 Å². The number of benzene rings is 2. The summed E-state index contributed by atoms with van der Waals surface area (Å²) in [6.07, 6.45) is 1.45. The predicted molar refractivity (Wildman–Crippen MR) is 119 cm³/mol. The number of rotatable bonds is 5. The van der Waals surface area contributed by atoms with Crippen molar-refractivity contribution in [2.75, 3.05) is 0 Å². The van der Waals surface area contributed by atoms with Crippen molar-refractivity contribution in [3.63, 3.8) is 0 Å². The summed E-state index contributed by atoms with van der Waals surface area (Å²) in [6.45, 7) is -0.194. The maximum atomic E-state index is 12.7. The molecule has 1 aromatic heterocycles. The number of amides is 2. The van der Waals surface area contributed by atoms with Gasteiger partial charge in [-0.2, -0.15) is 0 Å². The molecule has 7 nitrogen and oxygen atoms in total. The highest BCUT2D eigenvalue weighted by Crippen LogP contribution is 2.36. The standard InChI is InChI=1S/C21H12Cl2N2O5S/c22-13-5-7-16(23)15(9-13)18-8-6-14(30-18)10-19-20(26)24(21(27)31-19)11-12-3-1-2-4-17(12)25(28)29/h1-10H,11H2/b19-10+. The molecule has 2 amide bonds. The van der Waals surface area contributed by atoms with Crippen LogP contribution in [0, 0.1) is 10.1 Å². The maximum absolute atomic E-state index is 12.7. The number of halogens is 2. The van der Waals surface area contributed by atoms with E-state index in [0.717, 1.165) is 16.7 Å². The first-order valence-corrected chi connectivity index (χ1v) is 10.4. The van der Waals surface area contributed by atoms with Crippen LogP contribution in [0.15, 0.2) is 63.9 Å². The van der Waals surface area contributed by atoms with Crippen LogP contribution in [0.1, 0.15) is 11.3 Å². The van der Waals surface area contributed by atoms with Crippen molar-refractivity contribution in [3.8, 4) is 11.3 Å². The van der Waals surface area contributed by atoms with Crippen LogP contribution < -0.4 is 0 Å². The molecule has 0 N–H and O–H groups in total. The zero-order valence-electron chi connectivity index (χ0n) is 15.6. The molecule has 0 bridgehead atoms. The van der Waals surface area contributed by atoms with E-state index in [9.17, 15) is 19.7 Å². The largest absolute Gasteiger partial charge is 0.457 e. The first-order valence-electron chi connectivity index (χ1n) is 8.86. The number of hydrogen-bond donors (Lipinski definition) is 0. The highest BCUT2D eigenvalue weighted by Gasteiger charge is 2.36. The normalized spacial score (nSPS) is 15.2. The van der Waals surface area contributed by atoms with Crippen LogP contribution in [-0.4, -0.2) is 21.0 Å². The molecular formula is C21H12Cl2N2O5S. The third-order valence-electron chi connectivity index (χ3n) is 4.48. The van der Waals surface area contributed by atoms with Crippen molar-refractivity contribution in [1.29, 1.82) is 0 Å². The lowest BCUT2D eigenvalue weighted by Gasteiger charge is -2.12. The molecule has 1 fully saturated rings. The fourth-order valence-electron chi connectivity index (χ4n) is 3.02. The first-order chi connectivity index (χ1) is 14.8. The van der Waals surface area contributed by atoms with Crippen molar-refractivity contribution in [3.05, 3.63) is 91.0 Å². The Bertz CT molecular complexity index is 1250. The lowest BCUT2D eigenvalue weighted by Crippen LogP contribution is -2.27. The van der Waals surface area contributed by atoms with E-state index < -0.39 is 16.1 Å². The van der Waals surface area contributed by atoms with Gasteiger partial charge < -0.3 is 4.42 Å². The topological polar surface area (TPSA) is 93.7 Å². The van der Waals surface area contributed by atoms with Gasteiger partial charge in [0.1, 0.15) is 11.5 Å². The molecule has 1 aliphatic rings. The second-order valence-corrected chi connectivity index (χ2v) is 8.32. The monoisotopic (exact) mass is 474 g/mol. The van der Waals surface area contributed by atoms with Crippen molar-refractivity contribution in [2.24, 2.45) is 0 Å². The number of para-hydroxylation sites is 1. The average Bonchev–Trinajstić information content (AvgIpc) is 3.30. The summed E-state index contributed by atoms with van der Waals surface area (Å²) in [5.41, 5.74) is 0.713. The molecule has 1 saturated heterocycles. The average molecular weight is 475 g/mol. The van der Waals surface area contributed by atoms with Gasteiger partial charge in [-0.25, -0.2) is 0 Å². The molecule has 0 radical (unpaired) electrons. The molecule has 0 saturated carbocycles. The van der Waals surface area contributed by atoms with Crippen LogP contribution in [0.5, 0.6) is 0 Å². The van der Waals surface area contributed by atoms with E-state index in [0.29, 0.717) is 27.1 Å². The maximum Gasteiger partial charge on any atom is 0.293 e. The Morgan fingerprint density at radius 1 is 1.10 bits per heavy atom. The minimum Gasteiger partial charge on any atom is -0.457 e. The van der Waals surface area contributed by atoms with E-state index in [4.69, 9.17) is 27.6 Å². The van der Waals surface area contributed by atoms with Crippen molar-refractivity contribution < 1.29 is 18.9 Å².